The molecule has 1 amide bonds. The number of carbonyl (C=O) groups excluding carboxylic acids is 1. The summed E-state index contributed by atoms with van der Waals surface area (Å²) in [6.45, 7) is 2.02. The summed E-state index contributed by atoms with van der Waals surface area (Å²) in [7, 11) is 0. The van der Waals surface area contributed by atoms with Gasteiger partial charge in [0.1, 0.15) is 5.01 Å². The number of nitrogens with zero attached hydrogens (tertiary/aromatic N) is 3. The summed E-state index contributed by atoms with van der Waals surface area (Å²) < 4.78 is 0. The van der Waals surface area contributed by atoms with Crippen LogP contribution in [0.5, 0.6) is 0 Å². The van der Waals surface area contributed by atoms with Gasteiger partial charge in [-0.05, 0) is 12.5 Å². The van der Waals surface area contributed by atoms with Gasteiger partial charge >= 0.3 is 0 Å². The van der Waals surface area contributed by atoms with E-state index in [0.29, 0.717) is 10.9 Å². The lowest BCUT2D eigenvalue weighted by atomic mass is 10.2. The molecule has 1 aromatic heterocycles. The molecule has 27 heavy (non-hydrogen) atoms. The van der Waals surface area contributed by atoms with Gasteiger partial charge in [0.25, 0.3) is 5.69 Å². The SMILES string of the molecule is Cc1ccc(-c2nnc(NC(=O)CSCc3ccc([N+](=O)[O-])cc3)s2)cc1. The maximum atomic E-state index is 12.1. The van der Waals surface area contributed by atoms with Crippen LogP contribution < -0.4 is 5.32 Å². The summed E-state index contributed by atoms with van der Waals surface area (Å²) in [6.07, 6.45) is 0. The Morgan fingerprint density at radius 1 is 1.15 bits per heavy atom. The highest BCUT2D eigenvalue weighted by Gasteiger charge is 2.10. The predicted octanol–water partition coefficient (Wildman–Crippen LogP) is 4.29. The second-order valence-corrected chi connectivity index (χ2v) is 7.71. The molecule has 138 valence electrons. The number of nitro benzene ring substituents is 1. The molecule has 9 heteroatoms. The summed E-state index contributed by atoms with van der Waals surface area (Å²) in [5.41, 5.74) is 3.12. The van der Waals surface area contributed by atoms with E-state index in [0.717, 1.165) is 16.1 Å². The van der Waals surface area contributed by atoms with E-state index >= 15 is 0 Å². The van der Waals surface area contributed by atoms with E-state index in [2.05, 4.69) is 15.5 Å². The number of benzene rings is 2. The average Bonchev–Trinajstić information content (AvgIpc) is 3.11. The first-order valence-electron chi connectivity index (χ1n) is 8.03. The van der Waals surface area contributed by atoms with Crippen molar-refractivity contribution in [2.45, 2.75) is 12.7 Å². The zero-order chi connectivity index (χ0) is 19.2. The van der Waals surface area contributed by atoms with E-state index in [1.54, 1.807) is 12.1 Å². The molecule has 1 N–H and O–H groups in total. The Balaban J connectivity index is 1.48. The number of nitrogens with one attached hydrogen (secondary N) is 1. The second kappa shape index (κ2) is 8.74. The first-order chi connectivity index (χ1) is 13.0. The van der Waals surface area contributed by atoms with Crippen LogP contribution in [0, 0.1) is 17.0 Å². The number of aromatic nitrogens is 2. The molecule has 0 radical (unpaired) electrons. The first kappa shape index (κ1) is 19.0. The Morgan fingerprint density at radius 2 is 1.85 bits per heavy atom. The van der Waals surface area contributed by atoms with Gasteiger partial charge < -0.3 is 0 Å². The Bertz CT molecular complexity index is 940. The number of thioether (sulfide) groups is 1. The highest BCUT2D eigenvalue weighted by Crippen LogP contribution is 2.26. The van der Waals surface area contributed by atoms with Crippen molar-refractivity contribution in [3.8, 4) is 10.6 Å². The standard InChI is InChI=1S/C18H16N4O3S2/c1-12-2-6-14(7-3-12)17-20-21-18(27-17)19-16(23)11-26-10-13-4-8-15(9-5-13)22(24)25/h2-9H,10-11H2,1H3,(H,19,21,23). The number of nitro groups is 1. The minimum absolute atomic E-state index is 0.0575. The Labute approximate surface area is 164 Å². The van der Waals surface area contributed by atoms with Gasteiger partial charge in [-0.2, -0.15) is 0 Å². The number of hydrogen-bond donors (Lipinski definition) is 1. The molecule has 0 saturated heterocycles. The molecule has 0 bridgehead atoms. The van der Waals surface area contributed by atoms with E-state index in [1.807, 2.05) is 31.2 Å². The van der Waals surface area contributed by atoms with Crippen molar-refractivity contribution in [1.29, 1.82) is 0 Å². The molecule has 3 aromatic rings. The summed E-state index contributed by atoms with van der Waals surface area (Å²) >= 11 is 2.75. The molecule has 2 aromatic carbocycles. The maximum absolute atomic E-state index is 12.1. The fraction of sp³-hybridized carbons (Fsp3) is 0.167. The third kappa shape index (κ3) is 5.35. The largest absolute Gasteiger partial charge is 0.300 e. The average molecular weight is 400 g/mol. The molecule has 1 heterocycles. The van der Waals surface area contributed by atoms with E-state index in [1.165, 1.54) is 40.8 Å². The lowest BCUT2D eigenvalue weighted by molar-refractivity contribution is -0.384. The lowest BCUT2D eigenvalue weighted by Crippen LogP contribution is -2.13. The maximum Gasteiger partial charge on any atom is 0.269 e. The third-order valence-corrected chi connectivity index (χ3v) is 5.51. The van der Waals surface area contributed by atoms with Gasteiger partial charge in [-0.15, -0.1) is 22.0 Å². The number of hydrogen-bond acceptors (Lipinski definition) is 7. The molecule has 0 spiro atoms. The third-order valence-electron chi connectivity index (χ3n) is 3.62. The molecule has 0 aliphatic carbocycles. The van der Waals surface area contributed by atoms with Crippen LogP contribution in [0.15, 0.2) is 48.5 Å². The summed E-state index contributed by atoms with van der Waals surface area (Å²) in [5.74, 6) is 0.695. The molecule has 0 saturated carbocycles. The van der Waals surface area contributed by atoms with Crippen molar-refractivity contribution in [3.63, 3.8) is 0 Å². The minimum Gasteiger partial charge on any atom is -0.300 e. The normalized spacial score (nSPS) is 10.6. The molecule has 0 aliphatic heterocycles. The fourth-order valence-corrected chi connectivity index (χ4v) is 3.77. The van der Waals surface area contributed by atoms with Gasteiger partial charge in [0.15, 0.2) is 0 Å². The van der Waals surface area contributed by atoms with E-state index in [4.69, 9.17) is 0 Å². The van der Waals surface area contributed by atoms with E-state index < -0.39 is 4.92 Å². The van der Waals surface area contributed by atoms with E-state index in [-0.39, 0.29) is 17.3 Å². The van der Waals surface area contributed by atoms with Crippen molar-refractivity contribution in [3.05, 3.63) is 69.8 Å². The fourth-order valence-electron chi connectivity index (χ4n) is 2.22. The summed E-state index contributed by atoms with van der Waals surface area (Å²) in [4.78, 5) is 22.3. The number of rotatable bonds is 7. The second-order valence-electron chi connectivity index (χ2n) is 5.74. The minimum atomic E-state index is -0.433. The molecule has 0 fully saturated rings. The zero-order valence-electron chi connectivity index (χ0n) is 14.4. The van der Waals surface area contributed by atoms with Crippen molar-refractivity contribution in [2.75, 3.05) is 11.1 Å². The molecular formula is C18H16N4O3S2. The molecule has 0 atom stereocenters. The van der Waals surface area contributed by atoms with Crippen molar-refractivity contribution in [1.82, 2.24) is 10.2 Å². The van der Waals surface area contributed by atoms with Gasteiger partial charge in [-0.1, -0.05) is 53.3 Å². The summed E-state index contributed by atoms with van der Waals surface area (Å²) in [5, 5.41) is 22.7. The molecule has 7 nitrogen and oxygen atoms in total. The van der Waals surface area contributed by atoms with Gasteiger partial charge in [0.2, 0.25) is 11.0 Å². The van der Waals surface area contributed by atoms with Gasteiger partial charge in [0.05, 0.1) is 10.7 Å². The number of carbonyl (C=O) groups is 1. The number of anilines is 1. The Hall–Kier alpha value is -2.78. The first-order valence-corrected chi connectivity index (χ1v) is 10.00. The van der Waals surface area contributed by atoms with Crippen LogP contribution in [-0.4, -0.2) is 26.8 Å². The van der Waals surface area contributed by atoms with Crippen LogP contribution in [-0.2, 0) is 10.5 Å². The molecule has 3 rings (SSSR count). The quantitative estimate of drug-likeness (QED) is 0.469. The van der Waals surface area contributed by atoms with Gasteiger partial charge in [0, 0.05) is 23.4 Å². The zero-order valence-corrected chi connectivity index (χ0v) is 16.0. The van der Waals surface area contributed by atoms with E-state index in [9.17, 15) is 14.9 Å². The molecular weight excluding hydrogens is 384 g/mol. The Kier molecular flexibility index (Phi) is 6.15. The van der Waals surface area contributed by atoms with Crippen LogP contribution in [0.3, 0.4) is 0 Å². The topological polar surface area (TPSA) is 98.0 Å². The number of amides is 1. The number of aryl methyl sites for hydroxylation is 1. The van der Waals surface area contributed by atoms with Crippen molar-refractivity contribution in [2.24, 2.45) is 0 Å². The molecule has 0 unspecified atom stereocenters. The highest BCUT2D eigenvalue weighted by molar-refractivity contribution is 7.99. The highest BCUT2D eigenvalue weighted by atomic mass is 32.2. The Morgan fingerprint density at radius 3 is 2.52 bits per heavy atom. The molecule has 0 aliphatic rings. The van der Waals surface area contributed by atoms with Crippen LogP contribution in [0.25, 0.3) is 10.6 Å². The smallest absolute Gasteiger partial charge is 0.269 e. The van der Waals surface area contributed by atoms with Gasteiger partial charge in [-0.25, -0.2) is 0 Å². The summed E-state index contributed by atoms with van der Waals surface area (Å²) in [6, 6.07) is 14.3. The van der Waals surface area contributed by atoms with Crippen LogP contribution in [0.1, 0.15) is 11.1 Å². The number of non-ortho nitro benzene ring substituents is 1. The van der Waals surface area contributed by atoms with Crippen LogP contribution in [0.2, 0.25) is 0 Å². The predicted molar refractivity (Wildman–Crippen MR) is 108 cm³/mol. The van der Waals surface area contributed by atoms with Crippen LogP contribution >= 0.6 is 23.1 Å². The van der Waals surface area contributed by atoms with Crippen molar-refractivity contribution >= 4 is 39.8 Å². The monoisotopic (exact) mass is 400 g/mol. The lowest BCUT2D eigenvalue weighted by Gasteiger charge is -2.02. The van der Waals surface area contributed by atoms with Crippen molar-refractivity contribution < 1.29 is 9.72 Å². The van der Waals surface area contributed by atoms with Gasteiger partial charge in [-0.3, -0.25) is 20.2 Å². The van der Waals surface area contributed by atoms with Crippen LogP contribution in [0.4, 0.5) is 10.8 Å².